The predicted molar refractivity (Wildman–Crippen MR) is 240 cm³/mol. The van der Waals surface area contributed by atoms with Gasteiger partial charge in [0.15, 0.2) is 18.4 Å². The van der Waals surface area contributed by atoms with Crippen molar-refractivity contribution in [3.05, 3.63) is 42.1 Å². The molecule has 0 radical (unpaired) electrons. The van der Waals surface area contributed by atoms with Gasteiger partial charge < -0.3 is 53.0 Å². The van der Waals surface area contributed by atoms with Gasteiger partial charge in [0.25, 0.3) is 0 Å². The van der Waals surface area contributed by atoms with E-state index in [1.54, 1.807) is 21.3 Å². The van der Waals surface area contributed by atoms with Crippen molar-refractivity contribution in [1.82, 2.24) is 9.88 Å². The zero-order chi connectivity index (χ0) is 44.9. The molecule has 0 bridgehead atoms. The Kier molecular flexibility index (Phi) is 14.5. The zero-order valence-electron chi connectivity index (χ0n) is 39.3. The monoisotopic (exact) mass is 878 g/mol. The summed E-state index contributed by atoms with van der Waals surface area (Å²) < 4.78 is 43.8. The number of aromatic nitrogens is 1. The van der Waals surface area contributed by atoms with Gasteiger partial charge in [0, 0.05) is 56.6 Å². The Hall–Kier alpha value is -2.88. The molecule has 2 saturated carbocycles. The van der Waals surface area contributed by atoms with Crippen LogP contribution in [0.2, 0.25) is 0 Å². The second kappa shape index (κ2) is 19.5. The number of esters is 1. The highest BCUT2D eigenvalue weighted by molar-refractivity contribution is 5.99. The van der Waals surface area contributed by atoms with Gasteiger partial charge in [-0.05, 0) is 131 Å². The van der Waals surface area contributed by atoms with E-state index in [1.807, 2.05) is 13.1 Å². The van der Waals surface area contributed by atoms with Crippen molar-refractivity contribution in [2.45, 2.75) is 166 Å². The van der Waals surface area contributed by atoms with Crippen LogP contribution in [0, 0.1) is 41.4 Å². The maximum absolute atomic E-state index is 15.2. The van der Waals surface area contributed by atoms with Gasteiger partial charge in [0.05, 0.1) is 42.9 Å². The summed E-state index contributed by atoms with van der Waals surface area (Å²) in [5, 5.41) is 12.9. The Labute approximate surface area is 374 Å². The molecule has 1 aromatic carbocycles. The standard InChI is InChI=1S/C50H75N3O10/c1-11-31-13-12-14-40(63-42-18-17-39(52(6)7)28(5)60-42)27(4)46(55)37-24-34-33-22-32(62-50(56)49(59-10)48(58-9)47(57-8)26(2)3)23-36(33)44-45(43(34)35(37)25-41(54)61-31)53(44)30-16-15-29-19-20-51-38(29)21-30/h15-16,19-21,24,26-28,31-36,39-40,42-45,47-51,56H,11-14,17-18,22-23,25H2,1-10H3/t27-,28?,31+,32+,33+,34+,35-,36-,39+,40+,42+,43-,44+,45-,47+,48?,49+,50+,53?/m1/s1. The number of aromatic amines is 1. The molecule has 13 heteroatoms. The largest absolute Gasteiger partial charge is 0.462 e. The van der Waals surface area contributed by atoms with Crippen LogP contribution in [0.5, 0.6) is 0 Å². The van der Waals surface area contributed by atoms with Gasteiger partial charge in [-0.25, -0.2) is 0 Å². The van der Waals surface area contributed by atoms with Crippen molar-refractivity contribution in [2.24, 2.45) is 41.4 Å². The third-order valence-electron chi connectivity index (χ3n) is 16.1. The SMILES string of the molecule is CC[C@H]1CCC[C@H](O[C@H]2CC[C@H](N(C)C)C(C)O2)[C@@H](C)C(=O)C2=C[C@H]3[C@@H]4C[C@H](O[C@H](O)[C@@H](OC)C(OC)[C@@H](OC)C(C)C)C[C@H]4[C@H]4[C@@H]([C@H]3[C@@H]2CC(=O)O1)N4c1ccc2cc[nH]c2c1. The highest BCUT2D eigenvalue weighted by Gasteiger charge is 2.69. The normalized spacial score (nSPS) is 37.9. The van der Waals surface area contributed by atoms with Gasteiger partial charge >= 0.3 is 5.97 Å². The van der Waals surface area contributed by atoms with Crippen LogP contribution in [0.1, 0.15) is 92.4 Å². The number of nitrogens with zero attached hydrogens (tertiary/aromatic N) is 2. The van der Waals surface area contributed by atoms with Crippen LogP contribution in [0.3, 0.4) is 0 Å². The molecule has 3 saturated heterocycles. The van der Waals surface area contributed by atoms with Crippen LogP contribution in [0.15, 0.2) is 42.1 Å². The van der Waals surface area contributed by atoms with Gasteiger partial charge in [-0.3, -0.25) is 9.59 Å². The van der Waals surface area contributed by atoms with E-state index < -0.39 is 24.4 Å². The molecule has 6 aliphatic rings. The third-order valence-corrected chi connectivity index (χ3v) is 16.1. The van der Waals surface area contributed by atoms with E-state index in [0.717, 1.165) is 60.7 Å². The third kappa shape index (κ3) is 9.16. The first-order valence-corrected chi connectivity index (χ1v) is 24.0. The minimum Gasteiger partial charge on any atom is -0.462 e. The molecule has 18 atom stereocenters. The lowest BCUT2D eigenvalue weighted by atomic mass is 9.66. The number of carbonyl (C=O) groups excluding carboxylic acids is 2. The quantitative estimate of drug-likeness (QED) is 0.116. The van der Waals surface area contributed by atoms with E-state index in [4.69, 9.17) is 33.2 Å². The van der Waals surface area contributed by atoms with Crippen LogP contribution >= 0.6 is 0 Å². The summed E-state index contributed by atoms with van der Waals surface area (Å²) >= 11 is 0. The number of H-pyrrole nitrogens is 1. The summed E-state index contributed by atoms with van der Waals surface area (Å²) in [5.74, 6) is -0.311. The highest BCUT2D eigenvalue weighted by atomic mass is 16.7. The smallest absolute Gasteiger partial charge is 0.306 e. The van der Waals surface area contributed by atoms with Gasteiger partial charge in [-0.15, -0.1) is 0 Å². The number of allylic oxidation sites excluding steroid dienone is 2. The number of ether oxygens (including phenoxy) is 7. The lowest BCUT2D eigenvalue weighted by Crippen LogP contribution is -2.50. The Bertz CT molecular complexity index is 1920. The van der Waals surface area contributed by atoms with Crippen molar-refractivity contribution in [2.75, 3.05) is 40.3 Å². The molecule has 0 amide bonds. The van der Waals surface area contributed by atoms with E-state index >= 15 is 4.79 Å². The maximum Gasteiger partial charge on any atom is 0.306 e. The molecule has 3 aliphatic carbocycles. The number of aliphatic hydroxyl groups is 1. The number of ketones is 1. The molecule has 350 valence electrons. The number of likely N-dealkylation sites (N-methyl/N-ethyl adjacent to an activating group) is 1. The van der Waals surface area contributed by atoms with Crippen LogP contribution < -0.4 is 4.90 Å². The van der Waals surface area contributed by atoms with Crippen molar-refractivity contribution in [3.63, 3.8) is 0 Å². The van der Waals surface area contributed by atoms with E-state index in [1.165, 1.54) is 0 Å². The van der Waals surface area contributed by atoms with E-state index in [9.17, 15) is 9.90 Å². The van der Waals surface area contributed by atoms with Gasteiger partial charge in [0.1, 0.15) is 18.3 Å². The molecule has 2 aromatic rings. The molecule has 2 N–H and O–H groups in total. The number of hydrogen-bond acceptors (Lipinski definition) is 12. The Morgan fingerprint density at radius 3 is 2.37 bits per heavy atom. The Balaban J connectivity index is 1.11. The number of Topliss-reactive ketones (excluding diaryl/α,β-unsaturated/α-hetero) is 1. The van der Waals surface area contributed by atoms with E-state index in [2.05, 4.69) is 86.9 Å². The molecule has 1 aromatic heterocycles. The summed E-state index contributed by atoms with van der Waals surface area (Å²) in [4.78, 5) is 37.5. The number of anilines is 1. The number of rotatable bonds is 14. The van der Waals surface area contributed by atoms with Gasteiger partial charge in [-0.1, -0.05) is 39.8 Å². The van der Waals surface area contributed by atoms with Crippen molar-refractivity contribution in [3.8, 4) is 0 Å². The molecule has 13 nitrogen and oxygen atoms in total. The molecule has 4 heterocycles. The maximum atomic E-state index is 15.2. The molecule has 5 fully saturated rings. The van der Waals surface area contributed by atoms with Crippen molar-refractivity contribution in [1.29, 1.82) is 0 Å². The number of hydrogen-bond donors (Lipinski definition) is 2. The summed E-state index contributed by atoms with van der Waals surface area (Å²) in [6.45, 7) is 10.3. The highest BCUT2D eigenvalue weighted by Crippen LogP contribution is 2.65. The minimum atomic E-state index is -1.25. The lowest BCUT2D eigenvalue weighted by Gasteiger charge is -2.40. The fourth-order valence-corrected chi connectivity index (χ4v) is 13.0. The average molecular weight is 878 g/mol. The second-order valence-corrected chi connectivity index (χ2v) is 20.2. The number of aliphatic hydroxyl groups excluding tert-OH is 1. The zero-order valence-corrected chi connectivity index (χ0v) is 39.3. The fraction of sp³-hybridized carbons (Fsp3) is 0.760. The first-order chi connectivity index (χ1) is 30.3. The molecular formula is C50H75N3O10. The first-order valence-electron chi connectivity index (χ1n) is 24.0. The van der Waals surface area contributed by atoms with Gasteiger partial charge in [-0.2, -0.15) is 0 Å². The lowest BCUT2D eigenvalue weighted by molar-refractivity contribution is -0.236. The van der Waals surface area contributed by atoms with Crippen molar-refractivity contribution < 1.29 is 47.9 Å². The molecule has 3 aliphatic heterocycles. The number of cyclic esters (lactones) is 1. The molecule has 0 spiro atoms. The van der Waals surface area contributed by atoms with Crippen molar-refractivity contribution >= 4 is 28.3 Å². The summed E-state index contributed by atoms with van der Waals surface area (Å²) in [6, 6.07) is 9.30. The number of methoxy groups -OCH3 is 3. The summed E-state index contributed by atoms with van der Waals surface area (Å²) in [5.41, 5.74) is 2.95. The fourth-order valence-electron chi connectivity index (χ4n) is 13.0. The van der Waals surface area contributed by atoms with Crippen LogP contribution in [-0.2, 0) is 42.7 Å². The summed E-state index contributed by atoms with van der Waals surface area (Å²) in [7, 11) is 9.01. The number of carbonyl (C=O) groups is 2. The topological polar surface area (TPSA) is 141 Å². The predicted octanol–water partition coefficient (Wildman–Crippen LogP) is 6.90. The second-order valence-electron chi connectivity index (χ2n) is 20.2. The minimum absolute atomic E-state index is 0.00876. The van der Waals surface area contributed by atoms with E-state index in [-0.39, 0.29) is 103 Å². The average Bonchev–Trinajstić information content (AvgIpc) is 3.52. The number of benzene rings is 1. The summed E-state index contributed by atoms with van der Waals surface area (Å²) in [6.07, 6.45) is 6.44. The molecule has 8 rings (SSSR count). The Morgan fingerprint density at radius 1 is 0.937 bits per heavy atom. The molecule has 63 heavy (non-hydrogen) atoms. The van der Waals surface area contributed by atoms with E-state index in [0.29, 0.717) is 18.9 Å². The first kappa shape index (κ1) is 46.6. The Morgan fingerprint density at radius 2 is 1.68 bits per heavy atom. The van der Waals surface area contributed by atoms with Gasteiger partial charge in [0.2, 0.25) is 0 Å². The molecule has 2 unspecified atom stereocenters. The van der Waals surface area contributed by atoms with Crippen LogP contribution in [0.25, 0.3) is 10.9 Å². The molecular weight excluding hydrogens is 803 g/mol. The van der Waals surface area contributed by atoms with Crippen LogP contribution in [0.4, 0.5) is 5.69 Å². The van der Waals surface area contributed by atoms with Crippen LogP contribution in [-0.4, -0.2) is 136 Å². The number of nitrogens with one attached hydrogen (secondary N) is 1. The number of fused-ring (bicyclic) bond motifs is 9.